The van der Waals surface area contributed by atoms with Gasteiger partial charge in [0.25, 0.3) is 5.56 Å². The number of carbonyl (C=O) groups is 1. The van der Waals surface area contributed by atoms with Crippen molar-refractivity contribution in [1.82, 2.24) is 9.55 Å². The molecule has 0 aliphatic carbocycles. The molecule has 3 aromatic carbocycles. The zero-order chi connectivity index (χ0) is 24.1. The molecule has 1 aromatic heterocycles. The van der Waals surface area contributed by atoms with E-state index < -0.39 is 12.1 Å². The lowest BCUT2D eigenvalue weighted by Gasteiger charge is -2.15. The largest absolute Gasteiger partial charge is 0.486 e. The maximum Gasteiger partial charge on any atom is 0.333 e. The van der Waals surface area contributed by atoms with Crippen molar-refractivity contribution >= 4 is 28.5 Å². The number of aromatic nitrogens is 2. The maximum atomic E-state index is 13.3. The Kier molecular flexibility index (Phi) is 7.25. The lowest BCUT2D eigenvalue weighted by molar-refractivity contribution is -0.149. The first kappa shape index (κ1) is 23.5. The number of rotatable bonds is 9. The van der Waals surface area contributed by atoms with Crippen LogP contribution in [-0.2, 0) is 22.6 Å². The van der Waals surface area contributed by atoms with Gasteiger partial charge >= 0.3 is 5.97 Å². The molecule has 4 rings (SSSR count). The van der Waals surface area contributed by atoms with Crippen molar-refractivity contribution in [1.29, 1.82) is 0 Å². The van der Waals surface area contributed by atoms with Crippen LogP contribution in [0.15, 0.2) is 77.6 Å². The van der Waals surface area contributed by atoms with Gasteiger partial charge in [-0.15, -0.1) is 0 Å². The highest BCUT2D eigenvalue weighted by atomic mass is 35.5. The van der Waals surface area contributed by atoms with E-state index in [0.29, 0.717) is 39.8 Å². The molecule has 4 aromatic rings. The molecule has 1 heterocycles. The highest BCUT2D eigenvalue weighted by molar-refractivity contribution is 6.30. The predicted molar refractivity (Wildman–Crippen MR) is 130 cm³/mol. The van der Waals surface area contributed by atoms with E-state index in [1.807, 2.05) is 6.07 Å². The summed E-state index contributed by atoms with van der Waals surface area (Å²) in [5.41, 5.74) is 1.78. The smallest absolute Gasteiger partial charge is 0.333 e. The summed E-state index contributed by atoms with van der Waals surface area (Å²) < 4.78 is 12.7. The fraction of sp³-hybridized carbons (Fsp3) is 0.192. The van der Waals surface area contributed by atoms with E-state index in [2.05, 4.69) is 4.98 Å². The van der Waals surface area contributed by atoms with Crippen LogP contribution in [0.5, 0.6) is 5.75 Å². The van der Waals surface area contributed by atoms with Crippen LogP contribution in [0.4, 0.5) is 0 Å². The van der Waals surface area contributed by atoms with Gasteiger partial charge in [0.15, 0.2) is 11.9 Å². The summed E-state index contributed by atoms with van der Waals surface area (Å²) in [4.78, 5) is 29.3. The van der Waals surface area contributed by atoms with Gasteiger partial charge in [0.1, 0.15) is 12.4 Å². The molecule has 0 fully saturated rings. The highest BCUT2D eigenvalue weighted by Gasteiger charge is 2.18. The number of hydrogen-bond donors (Lipinski definition) is 1. The van der Waals surface area contributed by atoms with E-state index in [4.69, 9.17) is 21.1 Å². The molecule has 0 radical (unpaired) electrons. The second kappa shape index (κ2) is 10.5. The molecule has 1 N–H and O–H groups in total. The summed E-state index contributed by atoms with van der Waals surface area (Å²) in [7, 11) is 0. The number of hydrogen-bond acceptors (Lipinski definition) is 5. The van der Waals surface area contributed by atoms with Crippen LogP contribution in [0, 0.1) is 0 Å². The molecular weight excluding hydrogens is 456 g/mol. The molecule has 0 saturated heterocycles. The molecule has 174 valence electrons. The Labute approximate surface area is 201 Å². The average molecular weight is 479 g/mol. The minimum absolute atomic E-state index is 0.0443. The number of halogens is 1. The van der Waals surface area contributed by atoms with Crippen LogP contribution in [0.3, 0.4) is 0 Å². The van der Waals surface area contributed by atoms with Gasteiger partial charge in [-0.1, -0.05) is 41.9 Å². The second-order valence-corrected chi connectivity index (χ2v) is 8.02. The molecule has 1 unspecified atom stereocenters. The van der Waals surface area contributed by atoms with Crippen LogP contribution in [-0.4, -0.2) is 33.3 Å². The summed E-state index contributed by atoms with van der Waals surface area (Å²) in [5.74, 6) is -0.00652. The van der Waals surface area contributed by atoms with Gasteiger partial charge < -0.3 is 14.6 Å². The van der Waals surface area contributed by atoms with E-state index in [1.54, 1.807) is 73.7 Å². The van der Waals surface area contributed by atoms with Gasteiger partial charge in [0, 0.05) is 18.1 Å². The van der Waals surface area contributed by atoms with E-state index in [0.717, 1.165) is 5.56 Å². The number of nitrogens with zero attached hydrogens (tertiary/aromatic N) is 2. The normalized spacial score (nSPS) is 11.9. The number of carboxylic acids is 1. The van der Waals surface area contributed by atoms with E-state index >= 15 is 0 Å². The molecule has 0 aliphatic heterocycles. The van der Waals surface area contributed by atoms with Gasteiger partial charge in [-0.25, -0.2) is 9.78 Å². The standard InChI is InChI=1S/C26H23ClN2O5/c1-2-33-23(26(31)32)14-17-10-12-20(13-11-17)34-16-24-28-22-9-4-3-8-21(22)25(30)29(24)19-7-5-6-18(27)15-19/h3-13,15,23H,2,14,16H2,1H3,(H,31,32). The molecule has 0 amide bonds. The molecule has 0 aliphatic rings. The molecule has 7 nitrogen and oxygen atoms in total. The Morgan fingerprint density at radius 2 is 1.85 bits per heavy atom. The third-order valence-electron chi connectivity index (χ3n) is 5.27. The van der Waals surface area contributed by atoms with Gasteiger partial charge in [-0.2, -0.15) is 0 Å². The molecule has 8 heteroatoms. The van der Waals surface area contributed by atoms with Crippen molar-refractivity contribution < 1.29 is 19.4 Å². The molecule has 0 bridgehead atoms. The summed E-state index contributed by atoms with van der Waals surface area (Å²) in [5, 5.41) is 10.3. The Balaban J connectivity index is 1.60. The third-order valence-corrected chi connectivity index (χ3v) is 5.50. The van der Waals surface area contributed by atoms with E-state index in [-0.39, 0.29) is 18.6 Å². The number of para-hydroxylation sites is 1. The topological polar surface area (TPSA) is 90.7 Å². The van der Waals surface area contributed by atoms with Crippen molar-refractivity contribution in [2.75, 3.05) is 6.61 Å². The van der Waals surface area contributed by atoms with Gasteiger partial charge in [0.2, 0.25) is 0 Å². The van der Waals surface area contributed by atoms with Crippen LogP contribution in [0.2, 0.25) is 5.02 Å². The van der Waals surface area contributed by atoms with Crippen LogP contribution in [0.1, 0.15) is 18.3 Å². The fourth-order valence-electron chi connectivity index (χ4n) is 3.66. The third kappa shape index (κ3) is 5.27. The number of aliphatic carboxylic acids is 1. The first-order chi connectivity index (χ1) is 16.5. The monoisotopic (exact) mass is 478 g/mol. The zero-order valence-electron chi connectivity index (χ0n) is 18.5. The number of ether oxygens (including phenoxy) is 2. The molecule has 1 atom stereocenters. The summed E-state index contributed by atoms with van der Waals surface area (Å²) in [6, 6.07) is 21.2. The predicted octanol–water partition coefficient (Wildman–Crippen LogP) is 4.65. The SMILES string of the molecule is CCOC(Cc1ccc(OCc2nc3ccccc3c(=O)n2-c2cccc(Cl)c2)cc1)C(=O)O. The first-order valence-electron chi connectivity index (χ1n) is 10.8. The lowest BCUT2D eigenvalue weighted by Crippen LogP contribution is -2.26. The minimum atomic E-state index is -0.997. The van der Waals surface area contributed by atoms with E-state index in [1.165, 1.54) is 4.57 Å². The van der Waals surface area contributed by atoms with Gasteiger partial charge in [-0.3, -0.25) is 9.36 Å². The van der Waals surface area contributed by atoms with Gasteiger partial charge in [0.05, 0.1) is 16.6 Å². The quantitative estimate of drug-likeness (QED) is 0.376. The minimum Gasteiger partial charge on any atom is -0.486 e. The Morgan fingerprint density at radius 1 is 1.09 bits per heavy atom. The second-order valence-electron chi connectivity index (χ2n) is 7.58. The molecule has 0 spiro atoms. The summed E-state index contributed by atoms with van der Waals surface area (Å²) >= 11 is 6.17. The summed E-state index contributed by atoms with van der Waals surface area (Å²) in [6.07, 6.45) is -0.644. The molecule has 0 saturated carbocycles. The first-order valence-corrected chi connectivity index (χ1v) is 11.2. The van der Waals surface area contributed by atoms with Crippen molar-refractivity contribution in [3.8, 4) is 11.4 Å². The Hall–Kier alpha value is -3.68. The van der Waals surface area contributed by atoms with Crippen molar-refractivity contribution in [2.45, 2.75) is 26.1 Å². The molecular formula is C26H23ClN2O5. The Morgan fingerprint density at radius 3 is 2.56 bits per heavy atom. The molecule has 34 heavy (non-hydrogen) atoms. The van der Waals surface area contributed by atoms with Crippen LogP contribution < -0.4 is 10.3 Å². The maximum absolute atomic E-state index is 13.3. The fourth-order valence-corrected chi connectivity index (χ4v) is 3.84. The number of benzene rings is 3. The Bertz CT molecular complexity index is 1370. The van der Waals surface area contributed by atoms with Crippen molar-refractivity contribution in [3.63, 3.8) is 0 Å². The number of fused-ring (bicyclic) bond motifs is 1. The highest BCUT2D eigenvalue weighted by Crippen LogP contribution is 2.20. The number of carboxylic acid groups (broad SMARTS) is 1. The van der Waals surface area contributed by atoms with Crippen LogP contribution in [0.25, 0.3) is 16.6 Å². The zero-order valence-corrected chi connectivity index (χ0v) is 19.2. The average Bonchev–Trinajstić information content (AvgIpc) is 2.83. The van der Waals surface area contributed by atoms with Gasteiger partial charge in [-0.05, 0) is 55.0 Å². The summed E-state index contributed by atoms with van der Waals surface area (Å²) in [6.45, 7) is 2.13. The van der Waals surface area contributed by atoms with E-state index in [9.17, 15) is 14.7 Å². The van der Waals surface area contributed by atoms with Crippen LogP contribution >= 0.6 is 11.6 Å². The van der Waals surface area contributed by atoms with Crippen molar-refractivity contribution in [3.05, 3.63) is 99.6 Å². The lowest BCUT2D eigenvalue weighted by atomic mass is 10.1. The van der Waals surface area contributed by atoms with Crippen molar-refractivity contribution in [2.24, 2.45) is 0 Å².